The average molecular weight is 541 g/mol. The molecule has 6 rings (SSSR count). The molecule has 1 aliphatic heterocycles. The minimum atomic E-state index is -1.01. The number of primary amides is 1. The Morgan fingerprint density at radius 1 is 1.12 bits per heavy atom. The summed E-state index contributed by atoms with van der Waals surface area (Å²) in [4.78, 5) is 27.7. The van der Waals surface area contributed by atoms with Crippen molar-refractivity contribution in [2.45, 2.75) is 33.0 Å². The molecule has 2 amide bonds. The molecule has 2 N–H and O–H groups in total. The minimum Gasteiger partial charge on any atom is -0.496 e. The molecule has 0 bridgehead atoms. The summed E-state index contributed by atoms with van der Waals surface area (Å²) in [6.45, 7) is 4.57. The van der Waals surface area contributed by atoms with Crippen molar-refractivity contribution < 1.29 is 23.2 Å². The molecular formula is C31H29FN4O4. The fraction of sp³-hybridized carbons (Fsp3) is 0.258. The van der Waals surface area contributed by atoms with Gasteiger partial charge in [-0.2, -0.15) is 0 Å². The molecule has 8 nitrogen and oxygen atoms in total. The van der Waals surface area contributed by atoms with Crippen molar-refractivity contribution in [2.24, 2.45) is 5.73 Å². The van der Waals surface area contributed by atoms with Crippen molar-refractivity contribution >= 4 is 33.6 Å². The van der Waals surface area contributed by atoms with Crippen molar-refractivity contribution in [1.82, 2.24) is 14.6 Å². The van der Waals surface area contributed by atoms with Crippen LogP contribution < -0.4 is 10.5 Å². The Labute approximate surface area is 230 Å². The monoisotopic (exact) mass is 540 g/mol. The van der Waals surface area contributed by atoms with Gasteiger partial charge in [0.15, 0.2) is 0 Å². The lowest BCUT2D eigenvalue weighted by Crippen LogP contribution is -2.28. The van der Waals surface area contributed by atoms with E-state index in [2.05, 4.69) is 9.72 Å². The summed E-state index contributed by atoms with van der Waals surface area (Å²) in [6, 6.07) is 16.9. The SMILES string of the molecule is COc1ccccc1Cn1c2ccc(C(=O)N3CC[C@H](F)C3)cc2c2c(C(N)=O)cc(-c3c(C)noc3C)cc21. The molecule has 204 valence electrons. The van der Waals surface area contributed by atoms with E-state index in [0.717, 1.165) is 33.5 Å². The first-order valence-electron chi connectivity index (χ1n) is 13.1. The predicted molar refractivity (Wildman–Crippen MR) is 150 cm³/mol. The average Bonchev–Trinajstić information content (AvgIpc) is 3.63. The molecule has 0 radical (unpaired) electrons. The molecule has 0 spiro atoms. The van der Waals surface area contributed by atoms with Crippen LogP contribution >= 0.6 is 0 Å². The molecule has 40 heavy (non-hydrogen) atoms. The van der Waals surface area contributed by atoms with Crippen LogP contribution in [0.3, 0.4) is 0 Å². The normalized spacial score (nSPS) is 15.3. The number of carbonyl (C=O) groups excluding carboxylic acids is 2. The van der Waals surface area contributed by atoms with Gasteiger partial charge in [-0.1, -0.05) is 23.4 Å². The van der Waals surface area contributed by atoms with Crippen LogP contribution in [-0.4, -0.2) is 52.8 Å². The number of halogens is 1. The molecule has 9 heteroatoms. The van der Waals surface area contributed by atoms with Crippen molar-refractivity contribution in [2.75, 3.05) is 20.2 Å². The largest absolute Gasteiger partial charge is 0.496 e. The fourth-order valence-corrected chi connectivity index (χ4v) is 5.85. The van der Waals surface area contributed by atoms with Gasteiger partial charge in [0.2, 0.25) is 5.91 Å². The van der Waals surface area contributed by atoms with E-state index in [1.165, 1.54) is 4.90 Å². The van der Waals surface area contributed by atoms with Crippen LogP contribution in [0.2, 0.25) is 0 Å². The zero-order valence-electron chi connectivity index (χ0n) is 22.5. The number of rotatable bonds is 6. The third kappa shape index (κ3) is 4.18. The molecule has 0 saturated carbocycles. The molecule has 3 heterocycles. The lowest BCUT2D eigenvalue weighted by molar-refractivity contribution is 0.0782. The maximum Gasteiger partial charge on any atom is 0.253 e. The number of amides is 2. The Bertz CT molecular complexity index is 1790. The highest BCUT2D eigenvalue weighted by Gasteiger charge is 2.28. The number of nitrogens with two attached hydrogens (primary N) is 1. The second kappa shape index (κ2) is 9.82. The predicted octanol–water partition coefficient (Wildman–Crippen LogP) is 5.41. The second-order valence-corrected chi connectivity index (χ2v) is 10.2. The van der Waals surface area contributed by atoms with Gasteiger partial charge in [-0.3, -0.25) is 9.59 Å². The minimum absolute atomic E-state index is 0.0831. The van der Waals surface area contributed by atoms with Crippen LogP contribution in [0.4, 0.5) is 4.39 Å². The number of ether oxygens (including phenoxy) is 1. The van der Waals surface area contributed by atoms with Crippen LogP contribution in [0, 0.1) is 13.8 Å². The highest BCUT2D eigenvalue weighted by atomic mass is 19.1. The van der Waals surface area contributed by atoms with E-state index in [1.807, 2.05) is 50.2 Å². The Hall–Kier alpha value is -4.66. The van der Waals surface area contributed by atoms with E-state index < -0.39 is 12.1 Å². The van der Waals surface area contributed by atoms with Crippen LogP contribution in [0.5, 0.6) is 5.75 Å². The van der Waals surface area contributed by atoms with Crippen LogP contribution in [-0.2, 0) is 6.54 Å². The van der Waals surface area contributed by atoms with Gasteiger partial charge in [-0.05, 0) is 62.2 Å². The first-order chi connectivity index (χ1) is 19.3. The highest BCUT2D eigenvalue weighted by Crippen LogP contribution is 2.38. The lowest BCUT2D eigenvalue weighted by atomic mass is 9.97. The molecule has 1 aliphatic rings. The second-order valence-electron chi connectivity index (χ2n) is 10.2. The Balaban J connectivity index is 1.64. The number of benzene rings is 3. The van der Waals surface area contributed by atoms with Gasteiger partial charge in [0, 0.05) is 45.1 Å². The van der Waals surface area contributed by atoms with Crippen molar-refractivity contribution in [3.05, 3.63) is 82.7 Å². The van der Waals surface area contributed by atoms with E-state index in [4.69, 9.17) is 15.0 Å². The third-order valence-corrected chi connectivity index (χ3v) is 7.74. The van der Waals surface area contributed by atoms with Gasteiger partial charge in [0.25, 0.3) is 5.91 Å². The Kier molecular flexibility index (Phi) is 6.29. The van der Waals surface area contributed by atoms with E-state index in [9.17, 15) is 14.0 Å². The molecule has 1 fully saturated rings. The van der Waals surface area contributed by atoms with Gasteiger partial charge < -0.3 is 24.5 Å². The fourth-order valence-electron chi connectivity index (χ4n) is 5.85. The van der Waals surface area contributed by atoms with Crippen molar-refractivity contribution in [1.29, 1.82) is 0 Å². The smallest absolute Gasteiger partial charge is 0.253 e. The van der Waals surface area contributed by atoms with Gasteiger partial charge >= 0.3 is 0 Å². The summed E-state index contributed by atoms with van der Waals surface area (Å²) in [6.07, 6.45) is -0.678. The zero-order valence-corrected chi connectivity index (χ0v) is 22.5. The number of aryl methyl sites for hydroxylation is 2. The van der Waals surface area contributed by atoms with E-state index in [-0.39, 0.29) is 12.5 Å². The number of alkyl halides is 1. The summed E-state index contributed by atoms with van der Waals surface area (Å²) >= 11 is 0. The van der Waals surface area contributed by atoms with E-state index in [0.29, 0.717) is 52.9 Å². The summed E-state index contributed by atoms with van der Waals surface area (Å²) in [5, 5.41) is 5.45. The van der Waals surface area contributed by atoms with Crippen molar-refractivity contribution in [3.63, 3.8) is 0 Å². The zero-order chi connectivity index (χ0) is 28.1. The maximum atomic E-state index is 13.9. The Morgan fingerprint density at radius 2 is 1.93 bits per heavy atom. The third-order valence-electron chi connectivity index (χ3n) is 7.74. The number of para-hydroxylation sites is 1. The number of hydrogen-bond donors (Lipinski definition) is 1. The van der Waals surface area contributed by atoms with Gasteiger partial charge in [-0.15, -0.1) is 0 Å². The molecule has 0 aliphatic carbocycles. The van der Waals surface area contributed by atoms with E-state index >= 15 is 0 Å². The molecular weight excluding hydrogens is 511 g/mol. The number of methoxy groups -OCH3 is 1. The number of carbonyl (C=O) groups is 2. The number of likely N-dealkylation sites (tertiary alicyclic amines) is 1. The first-order valence-corrected chi connectivity index (χ1v) is 13.1. The maximum absolute atomic E-state index is 13.9. The summed E-state index contributed by atoms with van der Waals surface area (Å²) < 4.78 is 27.0. The quantitative estimate of drug-likeness (QED) is 0.310. The first kappa shape index (κ1) is 25.6. The lowest BCUT2D eigenvalue weighted by Gasteiger charge is -2.15. The summed E-state index contributed by atoms with van der Waals surface area (Å²) in [7, 11) is 1.63. The van der Waals surface area contributed by atoms with Crippen molar-refractivity contribution in [3.8, 4) is 16.9 Å². The Morgan fingerprint density at radius 3 is 2.60 bits per heavy atom. The molecule has 2 aromatic heterocycles. The van der Waals surface area contributed by atoms with Gasteiger partial charge in [-0.25, -0.2) is 4.39 Å². The highest BCUT2D eigenvalue weighted by molar-refractivity contribution is 6.20. The summed E-state index contributed by atoms with van der Waals surface area (Å²) in [5.41, 5.74) is 11.5. The van der Waals surface area contributed by atoms with Crippen LogP contribution in [0.1, 0.15) is 44.2 Å². The molecule has 1 atom stereocenters. The molecule has 1 saturated heterocycles. The molecule has 0 unspecified atom stereocenters. The number of nitrogens with zero attached hydrogens (tertiary/aromatic N) is 3. The van der Waals surface area contributed by atoms with Gasteiger partial charge in [0.05, 0.1) is 31.4 Å². The number of hydrogen-bond acceptors (Lipinski definition) is 5. The van der Waals surface area contributed by atoms with Crippen LogP contribution in [0.25, 0.3) is 32.9 Å². The standard InChI is InChI=1S/C31H29FN4O4/c1-17-28(18(2)40-34-17)21-13-24(30(33)37)29-23-12-19(31(38)35-11-10-22(32)16-35)8-9-25(23)36(26(29)14-21)15-20-6-4-5-7-27(20)39-3/h4-9,12-14,22H,10-11,15-16H2,1-3H3,(H2,33,37)/t22-/m0/s1. The summed E-state index contributed by atoms with van der Waals surface area (Å²) in [5.74, 6) is 0.535. The molecule has 5 aromatic rings. The number of fused-ring (bicyclic) bond motifs is 3. The van der Waals surface area contributed by atoms with Gasteiger partial charge in [0.1, 0.15) is 17.7 Å². The van der Waals surface area contributed by atoms with E-state index in [1.54, 1.807) is 25.3 Å². The molecule has 3 aromatic carbocycles. The van der Waals surface area contributed by atoms with Crippen LogP contribution in [0.15, 0.2) is 59.1 Å². The number of aromatic nitrogens is 2. The topological polar surface area (TPSA) is 104 Å².